The lowest BCUT2D eigenvalue weighted by atomic mass is 9.80. The molecule has 0 saturated carbocycles. The van der Waals surface area contributed by atoms with Gasteiger partial charge in [0.15, 0.2) is 0 Å². The monoisotopic (exact) mass is 676 g/mol. The molecule has 1 unspecified atom stereocenters. The summed E-state index contributed by atoms with van der Waals surface area (Å²) in [7, 11) is 0. The van der Waals surface area contributed by atoms with Gasteiger partial charge in [0.25, 0.3) is 0 Å². The molecule has 9 aromatic rings. The van der Waals surface area contributed by atoms with Crippen molar-refractivity contribution >= 4 is 21.9 Å². The number of fused-ring (bicyclic) bond motifs is 9. The van der Waals surface area contributed by atoms with E-state index in [2.05, 4.69) is 190 Å². The largest absolute Gasteiger partial charge is 0.455 e. The van der Waals surface area contributed by atoms with E-state index in [9.17, 15) is 0 Å². The summed E-state index contributed by atoms with van der Waals surface area (Å²) < 4.78 is 7.11. The molecule has 1 heterocycles. The lowest BCUT2D eigenvalue weighted by Gasteiger charge is -2.23. The van der Waals surface area contributed by atoms with Crippen molar-refractivity contribution < 1.29 is 4.42 Å². The Morgan fingerprint density at radius 1 is 0.358 bits per heavy atom. The van der Waals surface area contributed by atoms with Crippen molar-refractivity contribution in [2.75, 3.05) is 0 Å². The molecule has 2 aliphatic rings. The van der Waals surface area contributed by atoms with Crippen LogP contribution in [-0.4, -0.2) is 0 Å². The van der Waals surface area contributed by atoms with E-state index in [1.54, 1.807) is 0 Å². The van der Waals surface area contributed by atoms with E-state index in [0.29, 0.717) is 0 Å². The number of hydrogen-bond donors (Lipinski definition) is 0. The third-order valence-electron chi connectivity index (χ3n) is 12.0. The molecule has 0 N–H and O–H groups in total. The van der Waals surface area contributed by atoms with Crippen LogP contribution in [0, 0.1) is 0 Å². The van der Waals surface area contributed by atoms with E-state index >= 15 is 0 Å². The van der Waals surface area contributed by atoms with Crippen LogP contribution < -0.4 is 0 Å². The molecule has 0 fully saturated rings. The predicted octanol–water partition coefficient (Wildman–Crippen LogP) is 14.1. The lowest BCUT2D eigenvalue weighted by molar-refractivity contribution is 0.657. The third-order valence-corrected chi connectivity index (χ3v) is 12.0. The van der Waals surface area contributed by atoms with Gasteiger partial charge in [-0.25, -0.2) is 0 Å². The van der Waals surface area contributed by atoms with Gasteiger partial charge in [-0.2, -0.15) is 0 Å². The van der Waals surface area contributed by atoms with Crippen molar-refractivity contribution in [3.63, 3.8) is 0 Å². The van der Waals surface area contributed by atoms with Gasteiger partial charge in [-0.15, -0.1) is 0 Å². The summed E-state index contributed by atoms with van der Waals surface area (Å²) in [5.74, 6) is 0.0703. The first kappa shape index (κ1) is 30.2. The first-order valence-corrected chi connectivity index (χ1v) is 18.6. The van der Waals surface area contributed by atoms with Gasteiger partial charge < -0.3 is 4.42 Å². The molecule has 11 rings (SSSR count). The SMILES string of the molecule is CC1(C)c2ccccc2-c2cc3c(cc21)C(c1cccc2c1oc1c(-c4cccc(-c5ccc(-c6ccccc6)cc5)c4)cccc12)c1ccccc1-3. The molecular weight excluding hydrogens is 641 g/mol. The maximum absolute atomic E-state index is 7.11. The minimum atomic E-state index is -0.0704. The zero-order valence-electron chi connectivity index (χ0n) is 29.7. The van der Waals surface area contributed by atoms with Gasteiger partial charge in [-0.3, -0.25) is 0 Å². The zero-order chi connectivity index (χ0) is 35.3. The Hall–Kier alpha value is -6.44. The highest BCUT2D eigenvalue weighted by molar-refractivity contribution is 6.11. The minimum absolute atomic E-state index is 0.0703. The fourth-order valence-corrected chi connectivity index (χ4v) is 9.38. The second kappa shape index (κ2) is 11.3. The molecule has 0 bridgehead atoms. The molecule has 1 atom stereocenters. The molecule has 0 aliphatic heterocycles. The summed E-state index contributed by atoms with van der Waals surface area (Å²) in [6.45, 7) is 4.74. The quantitative estimate of drug-likeness (QED) is 0.181. The van der Waals surface area contributed by atoms with E-state index in [1.807, 2.05) is 0 Å². The molecule has 0 amide bonds. The van der Waals surface area contributed by atoms with Gasteiger partial charge in [0.2, 0.25) is 0 Å². The second-order valence-electron chi connectivity index (χ2n) is 15.2. The fraction of sp³-hybridized carbons (Fsp3) is 0.0769. The molecule has 1 nitrogen and oxygen atoms in total. The van der Waals surface area contributed by atoms with Crippen LogP contribution in [0.5, 0.6) is 0 Å². The van der Waals surface area contributed by atoms with Crippen LogP contribution in [0.3, 0.4) is 0 Å². The van der Waals surface area contributed by atoms with Gasteiger partial charge in [0, 0.05) is 33.2 Å². The van der Waals surface area contributed by atoms with Gasteiger partial charge in [-0.1, -0.05) is 178 Å². The number of rotatable bonds is 4. The highest BCUT2D eigenvalue weighted by Gasteiger charge is 2.40. The van der Waals surface area contributed by atoms with E-state index in [-0.39, 0.29) is 11.3 Å². The van der Waals surface area contributed by atoms with Crippen molar-refractivity contribution in [2.45, 2.75) is 25.2 Å². The van der Waals surface area contributed by atoms with Crippen molar-refractivity contribution in [3.8, 4) is 55.6 Å². The fourth-order valence-electron chi connectivity index (χ4n) is 9.38. The van der Waals surface area contributed by atoms with Gasteiger partial charge in [0.1, 0.15) is 11.2 Å². The van der Waals surface area contributed by atoms with Crippen LogP contribution in [0.4, 0.5) is 0 Å². The molecule has 0 radical (unpaired) electrons. The molecule has 1 heteroatoms. The van der Waals surface area contributed by atoms with Gasteiger partial charge in [-0.05, 0) is 84.5 Å². The maximum atomic E-state index is 7.11. The van der Waals surface area contributed by atoms with Crippen LogP contribution >= 0.6 is 0 Å². The number of hydrogen-bond acceptors (Lipinski definition) is 1. The smallest absolute Gasteiger partial charge is 0.143 e. The molecule has 250 valence electrons. The summed E-state index contributed by atoms with van der Waals surface area (Å²) in [4.78, 5) is 0. The van der Waals surface area contributed by atoms with Gasteiger partial charge in [0.05, 0.1) is 0 Å². The topological polar surface area (TPSA) is 13.1 Å². The Bertz CT molecular complexity index is 2900. The molecule has 53 heavy (non-hydrogen) atoms. The lowest BCUT2D eigenvalue weighted by Crippen LogP contribution is -2.15. The Morgan fingerprint density at radius 3 is 1.77 bits per heavy atom. The van der Waals surface area contributed by atoms with Crippen molar-refractivity contribution in [3.05, 3.63) is 204 Å². The van der Waals surface area contributed by atoms with E-state index in [0.717, 1.165) is 33.1 Å². The van der Waals surface area contributed by atoms with Crippen molar-refractivity contribution in [1.82, 2.24) is 0 Å². The third kappa shape index (κ3) is 4.44. The Labute approximate surface area is 309 Å². The van der Waals surface area contributed by atoms with Crippen LogP contribution in [0.1, 0.15) is 47.6 Å². The highest BCUT2D eigenvalue weighted by atomic mass is 16.3. The number of para-hydroxylation sites is 2. The van der Waals surface area contributed by atoms with Gasteiger partial charge >= 0.3 is 0 Å². The first-order chi connectivity index (χ1) is 26.0. The van der Waals surface area contributed by atoms with E-state index < -0.39 is 0 Å². The summed E-state index contributed by atoms with van der Waals surface area (Å²) >= 11 is 0. The minimum Gasteiger partial charge on any atom is -0.455 e. The zero-order valence-corrected chi connectivity index (χ0v) is 29.7. The van der Waals surface area contributed by atoms with Crippen molar-refractivity contribution in [1.29, 1.82) is 0 Å². The average Bonchev–Trinajstić information content (AvgIpc) is 3.83. The molecule has 1 aromatic heterocycles. The predicted molar refractivity (Wildman–Crippen MR) is 220 cm³/mol. The Kier molecular flexibility index (Phi) is 6.43. The second-order valence-corrected chi connectivity index (χ2v) is 15.2. The molecular formula is C52H36O. The standard InChI is InChI=1S/C52H36O/c1-52(2)47-24-9-8-18-39(47)45-30-44-38-17-6-7-19-40(38)49(46(44)31-48(45)52)43-23-12-22-42-41-21-11-20-37(50(41)53-51(42)43)36-16-10-15-35(29-36)34-27-25-33(26-28-34)32-13-4-3-5-14-32/h3-31,49H,1-2H3. The van der Waals surface area contributed by atoms with Crippen LogP contribution in [0.2, 0.25) is 0 Å². The Balaban J connectivity index is 1.05. The van der Waals surface area contributed by atoms with Crippen LogP contribution in [0.15, 0.2) is 180 Å². The van der Waals surface area contributed by atoms with Crippen LogP contribution in [-0.2, 0) is 5.41 Å². The molecule has 2 aliphatic carbocycles. The highest BCUT2D eigenvalue weighted by Crippen LogP contribution is 2.56. The molecule has 0 spiro atoms. The van der Waals surface area contributed by atoms with Crippen molar-refractivity contribution in [2.24, 2.45) is 0 Å². The summed E-state index contributed by atoms with van der Waals surface area (Å²) in [6, 6.07) is 64.5. The first-order valence-electron chi connectivity index (χ1n) is 18.6. The summed E-state index contributed by atoms with van der Waals surface area (Å²) in [5.41, 5.74) is 21.0. The Morgan fingerprint density at radius 2 is 0.943 bits per heavy atom. The normalized spacial score (nSPS) is 14.9. The summed E-state index contributed by atoms with van der Waals surface area (Å²) in [6.07, 6.45) is 0. The molecule has 0 saturated heterocycles. The number of furan rings is 1. The van der Waals surface area contributed by atoms with E-state index in [4.69, 9.17) is 4.42 Å². The average molecular weight is 677 g/mol. The van der Waals surface area contributed by atoms with E-state index in [1.165, 1.54) is 72.3 Å². The van der Waals surface area contributed by atoms with Crippen LogP contribution in [0.25, 0.3) is 77.6 Å². The maximum Gasteiger partial charge on any atom is 0.143 e. The number of benzene rings is 8. The summed E-state index contributed by atoms with van der Waals surface area (Å²) in [5, 5.41) is 2.31. The molecule has 8 aromatic carbocycles.